The summed E-state index contributed by atoms with van der Waals surface area (Å²) < 4.78 is 13.1. The molecule has 1 aliphatic rings. The number of aromatic nitrogens is 1. The summed E-state index contributed by atoms with van der Waals surface area (Å²) in [6.45, 7) is 2.72. The summed E-state index contributed by atoms with van der Waals surface area (Å²) >= 11 is 5.89. The fourth-order valence-corrected chi connectivity index (χ4v) is 3.78. The number of halogens is 1. The zero-order chi connectivity index (χ0) is 20.7. The molecule has 29 heavy (non-hydrogen) atoms. The first kappa shape index (κ1) is 19.2. The molecule has 1 aromatic heterocycles. The van der Waals surface area contributed by atoms with Crippen molar-refractivity contribution in [1.29, 1.82) is 0 Å². The summed E-state index contributed by atoms with van der Waals surface area (Å²) in [6.07, 6.45) is 2.48. The Morgan fingerprint density at radius 2 is 2.03 bits per heavy atom. The summed E-state index contributed by atoms with van der Waals surface area (Å²) in [5, 5.41) is 20.6. The first-order valence-corrected chi connectivity index (χ1v) is 9.71. The number of fused-ring (bicyclic) bond motifs is 2. The number of carbonyl (C=O) groups is 1. The summed E-state index contributed by atoms with van der Waals surface area (Å²) in [5.41, 5.74) is 3.01. The van der Waals surface area contributed by atoms with Crippen LogP contribution in [0.3, 0.4) is 0 Å². The number of aromatic hydroxyl groups is 2. The number of phenols is 2. The molecule has 2 heterocycles. The van der Waals surface area contributed by atoms with E-state index in [2.05, 4.69) is 4.57 Å². The molecule has 0 atom stereocenters. The molecule has 150 valence electrons. The number of hydrogen-bond donors (Lipinski definition) is 2. The Kier molecular flexibility index (Phi) is 4.88. The molecule has 0 amide bonds. The Labute approximate surface area is 172 Å². The maximum absolute atomic E-state index is 12.8. The van der Waals surface area contributed by atoms with Crippen molar-refractivity contribution >= 4 is 34.4 Å². The second-order valence-corrected chi connectivity index (χ2v) is 7.20. The van der Waals surface area contributed by atoms with E-state index < -0.39 is 5.75 Å². The molecule has 7 heteroatoms. The second-order valence-electron chi connectivity index (χ2n) is 6.83. The second kappa shape index (κ2) is 7.37. The summed E-state index contributed by atoms with van der Waals surface area (Å²) in [6, 6.07) is 8.50. The van der Waals surface area contributed by atoms with E-state index in [-0.39, 0.29) is 28.6 Å². The van der Waals surface area contributed by atoms with Gasteiger partial charge in [-0.05, 0) is 49.8 Å². The molecule has 2 aromatic carbocycles. The molecule has 2 N–H and O–H groups in total. The van der Waals surface area contributed by atoms with Crippen molar-refractivity contribution in [2.75, 3.05) is 13.0 Å². The number of allylic oxidation sites excluding steroid dienone is 1. The number of aryl methyl sites for hydroxylation is 1. The lowest BCUT2D eigenvalue weighted by molar-refractivity contribution is 0.101. The molecular formula is C22H20ClNO5. The van der Waals surface area contributed by atoms with Gasteiger partial charge < -0.3 is 24.3 Å². The van der Waals surface area contributed by atoms with Crippen LogP contribution in [0, 0.1) is 6.92 Å². The van der Waals surface area contributed by atoms with Gasteiger partial charge in [-0.2, -0.15) is 0 Å². The molecule has 0 bridgehead atoms. The number of ether oxygens (including phenoxy) is 2. The Hall–Kier alpha value is -3.12. The van der Waals surface area contributed by atoms with Gasteiger partial charge in [-0.1, -0.05) is 0 Å². The third-order valence-electron chi connectivity index (χ3n) is 5.16. The molecule has 0 spiro atoms. The smallest absolute Gasteiger partial charge is 0.232 e. The first-order valence-electron chi connectivity index (χ1n) is 9.18. The number of rotatable bonds is 5. The Bertz CT molecular complexity index is 1160. The van der Waals surface area contributed by atoms with E-state index in [9.17, 15) is 15.0 Å². The zero-order valence-electron chi connectivity index (χ0n) is 16.0. The van der Waals surface area contributed by atoms with E-state index in [1.807, 2.05) is 25.1 Å². The van der Waals surface area contributed by atoms with Gasteiger partial charge in [0.2, 0.25) is 11.5 Å². The molecule has 0 fully saturated rings. The standard InChI is InChI=1S/C22H20ClNO5/c1-12-15(11-19-20(26)14-5-7-18(25)21(27)22(14)29-19)16-10-13(28-2)4-6-17(16)24(12)9-3-8-23/h4-7,10-11,25,27H,3,8-9H2,1-2H3/b19-11-. The number of carbonyl (C=O) groups excluding carboxylic acids is 1. The summed E-state index contributed by atoms with van der Waals surface area (Å²) in [4.78, 5) is 12.8. The largest absolute Gasteiger partial charge is 0.504 e. The number of methoxy groups -OCH3 is 1. The predicted octanol–water partition coefficient (Wildman–Crippen LogP) is 4.61. The lowest BCUT2D eigenvalue weighted by Gasteiger charge is -2.07. The van der Waals surface area contributed by atoms with Gasteiger partial charge in [0.1, 0.15) is 5.75 Å². The highest BCUT2D eigenvalue weighted by Gasteiger charge is 2.32. The van der Waals surface area contributed by atoms with Gasteiger partial charge in [0.05, 0.1) is 12.7 Å². The summed E-state index contributed by atoms with van der Waals surface area (Å²) in [5.74, 6) is 0.185. The minimum atomic E-state index is -0.442. The van der Waals surface area contributed by atoms with Crippen molar-refractivity contribution in [3.8, 4) is 23.0 Å². The van der Waals surface area contributed by atoms with Gasteiger partial charge >= 0.3 is 0 Å². The van der Waals surface area contributed by atoms with Gasteiger partial charge in [0.15, 0.2) is 17.3 Å². The number of hydrogen-bond acceptors (Lipinski definition) is 5. The van der Waals surface area contributed by atoms with E-state index in [0.717, 1.165) is 35.1 Å². The van der Waals surface area contributed by atoms with Crippen LogP contribution >= 0.6 is 11.6 Å². The molecule has 0 saturated carbocycles. The highest BCUT2D eigenvalue weighted by Crippen LogP contribution is 2.44. The van der Waals surface area contributed by atoms with E-state index in [4.69, 9.17) is 21.1 Å². The van der Waals surface area contributed by atoms with Gasteiger partial charge in [-0.3, -0.25) is 4.79 Å². The van der Waals surface area contributed by atoms with Crippen molar-refractivity contribution in [3.05, 3.63) is 52.9 Å². The van der Waals surface area contributed by atoms with Gasteiger partial charge in [-0.15, -0.1) is 11.6 Å². The van der Waals surface area contributed by atoms with Crippen LogP contribution < -0.4 is 9.47 Å². The molecular weight excluding hydrogens is 394 g/mol. The van der Waals surface area contributed by atoms with Crippen LogP contribution in [0.1, 0.15) is 28.0 Å². The molecule has 0 unspecified atom stereocenters. The van der Waals surface area contributed by atoms with Crippen LogP contribution in [0.25, 0.3) is 17.0 Å². The van der Waals surface area contributed by atoms with E-state index in [0.29, 0.717) is 11.6 Å². The number of nitrogens with zero attached hydrogens (tertiary/aromatic N) is 1. The molecule has 1 aliphatic heterocycles. The van der Waals surface area contributed by atoms with Crippen LogP contribution in [-0.4, -0.2) is 33.6 Å². The maximum Gasteiger partial charge on any atom is 0.232 e. The quantitative estimate of drug-likeness (QED) is 0.362. The number of phenolic OH excluding ortho intramolecular Hbond substituents is 2. The minimum Gasteiger partial charge on any atom is -0.504 e. The molecule has 0 radical (unpaired) electrons. The molecule has 6 nitrogen and oxygen atoms in total. The number of Topliss-reactive ketones (excluding diaryl/α,β-unsaturated/α-hetero) is 1. The number of benzene rings is 2. The van der Waals surface area contributed by atoms with Crippen LogP contribution in [0.4, 0.5) is 0 Å². The SMILES string of the molecule is COc1ccc2c(c1)c(/C=C1\Oc3c(ccc(O)c3O)C1=O)c(C)n2CCCCl. The molecule has 4 rings (SSSR count). The third kappa shape index (κ3) is 3.09. The lowest BCUT2D eigenvalue weighted by atomic mass is 10.1. The van der Waals surface area contributed by atoms with Crippen molar-refractivity contribution in [2.45, 2.75) is 19.9 Å². The maximum atomic E-state index is 12.8. The Morgan fingerprint density at radius 3 is 2.76 bits per heavy atom. The topological polar surface area (TPSA) is 80.9 Å². The zero-order valence-corrected chi connectivity index (χ0v) is 16.8. The van der Waals surface area contributed by atoms with Crippen molar-refractivity contribution in [3.63, 3.8) is 0 Å². The Morgan fingerprint density at radius 1 is 1.24 bits per heavy atom. The fraction of sp³-hybridized carbons (Fsp3) is 0.227. The normalized spacial score (nSPS) is 14.4. The number of ketones is 1. The predicted molar refractivity (Wildman–Crippen MR) is 111 cm³/mol. The van der Waals surface area contributed by atoms with E-state index in [1.54, 1.807) is 13.2 Å². The Balaban J connectivity index is 1.87. The van der Waals surface area contributed by atoms with Crippen molar-refractivity contribution in [1.82, 2.24) is 4.57 Å². The third-order valence-corrected chi connectivity index (χ3v) is 5.43. The van der Waals surface area contributed by atoms with E-state index >= 15 is 0 Å². The van der Waals surface area contributed by atoms with E-state index in [1.165, 1.54) is 12.1 Å². The average molecular weight is 414 g/mol. The van der Waals surface area contributed by atoms with Gasteiger partial charge in [0.25, 0.3) is 0 Å². The number of alkyl halides is 1. The molecule has 0 saturated heterocycles. The van der Waals surface area contributed by atoms with Crippen LogP contribution in [0.5, 0.6) is 23.0 Å². The average Bonchev–Trinajstić information content (AvgIpc) is 3.18. The van der Waals surface area contributed by atoms with Gasteiger partial charge in [0, 0.05) is 34.6 Å². The lowest BCUT2D eigenvalue weighted by Crippen LogP contribution is -2.02. The van der Waals surface area contributed by atoms with Crippen molar-refractivity contribution in [2.24, 2.45) is 0 Å². The van der Waals surface area contributed by atoms with Gasteiger partial charge in [-0.25, -0.2) is 0 Å². The molecule has 0 aliphatic carbocycles. The molecule has 3 aromatic rings. The fourth-order valence-electron chi connectivity index (χ4n) is 3.66. The first-order chi connectivity index (χ1) is 14.0. The highest BCUT2D eigenvalue weighted by atomic mass is 35.5. The van der Waals surface area contributed by atoms with Crippen LogP contribution in [0.2, 0.25) is 0 Å². The summed E-state index contributed by atoms with van der Waals surface area (Å²) in [7, 11) is 1.60. The van der Waals surface area contributed by atoms with Crippen LogP contribution in [0.15, 0.2) is 36.1 Å². The van der Waals surface area contributed by atoms with Crippen molar-refractivity contribution < 1.29 is 24.5 Å². The highest BCUT2D eigenvalue weighted by molar-refractivity contribution is 6.17. The minimum absolute atomic E-state index is 0.0256. The monoisotopic (exact) mass is 413 g/mol. The van der Waals surface area contributed by atoms with Crippen LogP contribution in [-0.2, 0) is 6.54 Å².